The molecule has 1 unspecified atom stereocenters. The first-order valence-electron chi connectivity index (χ1n) is 8.55. The largest absolute Gasteiger partial charge is 0.377 e. The Hall–Kier alpha value is -2.64. The maximum absolute atomic E-state index is 6.18. The maximum atomic E-state index is 6.18. The van der Waals surface area contributed by atoms with E-state index in [9.17, 15) is 0 Å². The molecular formula is C18H17ClN6O. The third kappa shape index (κ3) is 2.43. The fraction of sp³-hybridized carbons (Fsp3) is 0.278. The van der Waals surface area contributed by atoms with Crippen molar-refractivity contribution in [2.24, 2.45) is 0 Å². The van der Waals surface area contributed by atoms with E-state index in [1.54, 1.807) is 0 Å². The van der Waals surface area contributed by atoms with Gasteiger partial charge < -0.3 is 19.6 Å². The minimum atomic E-state index is 0.198. The lowest BCUT2D eigenvalue weighted by Crippen LogP contribution is -2.44. The maximum Gasteiger partial charge on any atom is 0.226 e. The Bertz CT molecular complexity index is 1100. The molecule has 26 heavy (non-hydrogen) atoms. The summed E-state index contributed by atoms with van der Waals surface area (Å²) in [6.45, 7) is 4.19. The Morgan fingerprint density at radius 1 is 1.23 bits per heavy atom. The van der Waals surface area contributed by atoms with Crippen LogP contribution in [0.5, 0.6) is 0 Å². The van der Waals surface area contributed by atoms with Gasteiger partial charge in [0.15, 0.2) is 11.5 Å². The van der Waals surface area contributed by atoms with Crippen molar-refractivity contribution in [3.63, 3.8) is 0 Å². The molecule has 3 aromatic heterocycles. The van der Waals surface area contributed by atoms with Crippen LogP contribution < -0.4 is 4.90 Å². The first kappa shape index (κ1) is 15.6. The van der Waals surface area contributed by atoms with Gasteiger partial charge in [-0.05, 0) is 30.7 Å². The fourth-order valence-electron chi connectivity index (χ4n) is 3.53. The monoisotopic (exact) mass is 368 g/mol. The van der Waals surface area contributed by atoms with E-state index < -0.39 is 0 Å². The minimum Gasteiger partial charge on any atom is -0.377 e. The van der Waals surface area contributed by atoms with E-state index in [0.717, 1.165) is 40.2 Å². The van der Waals surface area contributed by atoms with Gasteiger partial charge in [-0.3, -0.25) is 0 Å². The zero-order chi connectivity index (χ0) is 17.7. The van der Waals surface area contributed by atoms with Crippen molar-refractivity contribution >= 4 is 39.5 Å². The summed E-state index contributed by atoms with van der Waals surface area (Å²) in [5.74, 6) is 1.53. The number of aromatic amines is 2. The molecule has 4 aromatic rings. The van der Waals surface area contributed by atoms with Gasteiger partial charge in [-0.1, -0.05) is 12.1 Å². The number of nitrogens with one attached hydrogen (secondary N) is 2. The second-order valence-electron chi connectivity index (χ2n) is 6.46. The SMILES string of the molecule is CC1COCCN1c1nc(Cl)nc2nc(-c3cccc4[nH]ccc34)[nH]c12. The minimum absolute atomic E-state index is 0.198. The van der Waals surface area contributed by atoms with Gasteiger partial charge in [-0.2, -0.15) is 9.97 Å². The van der Waals surface area contributed by atoms with E-state index in [-0.39, 0.29) is 11.3 Å². The van der Waals surface area contributed by atoms with E-state index in [0.29, 0.717) is 18.9 Å². The molecule has 1 aliphatic heterocycles. The highest BCUT2D eigenvalue weighted by Gasteiger charge is 2.25. The van der Waals surface area contributed by atoms with Crippen LogP contribution in [-0.4, -0.2) is 50.7 Å². The fourth-order valence-corrected chi connectivity index (χ4v) is 3.69. The van der Waals surface area contributed by atoms with Crippen molar-refractivity contribution in [2.45, 2.75) is 13.0 Å². The number of fused-ring (bicyclic) bond motifs is 2. The van der Waals surface area contributed by atoms with Crippen LogP contribution in [0.25, 0.3) is 33.5 Å². The average molecular weight is 369 g/mol. The quantitative estimate of drug-likeness (QED) is 0.530. The number of rotatable bonds is 2. The van der Waals surface area contributed by atoms with Crippen molar-refractivity contribution in [1.82, 2.24) is 24.9 Å². The Labute approximate surface area is 154 Å². The molecule has 0 bridgehead atoms. The van der Waals surface area contributed by atoms with Crippen molar-refractivity contribution in [3.8, 4) is 11.4 Å². The molecule has 0 aliphatic carbocycles. The number of anilines is 1. The number of morpholine rings is 1. The van der Waals surface area contributed by atoms with Gasteiger partial charge >= 0.3 is 0 Å². The van der Waals surface area contributed by atoms with E-state index in [4.69, 9.17) is 21.3 Å². The van der Waals surface area contributed by atoms with E-state index in [2.05, 4.69) is 31.8 Å². The topological polar surface area (TPSA) is 82.7 Å². The van der Waals surface area contributed by atoms with Gasteiger partial charge in [0.1, 0.15) is 11.3 Å². The summed E-state index contributed by atoms with van der Waals surface area (Å²) in [6.07, 6.45) is 1.92. The summed E-state index contributed by atoms with van der Waals surface area (Å²) < 4.78 is 5.54. The summed E-state index contributed by atoms with van der Waals surface area (Å²) in [4.78, 5) is 22.3. The molecule has 0 saturated carbocycles. The van der Waals surface area contributed by atoms with Gasteiger partial charge in [0, 0.05) is 29.2 Å². The molecule has 132 valence electrons. The van der Waals surface area contributed by atoms with Crippen LogP contribution in [0.3, 0.4) is 0 Å². The molecule has 7 nitrogen and oxygen atoms in total. The normalized spacial score (nSPS) is 18.1. The molecule has 1 atom stereocenters. The van der Waals surface area contributed by atoms with Crippen LogP contribution in [0.4, 0.5) is 5.82 Å². The lowest BCUT2D eigenvalue weighted by Gasteiger charge is -2.34. The third-order valence-corrected chi connectivity index (χ3v) is 4.96. The van der Waals surface area contributed by atoms with E-state index in [1.807, 2.05) is 30.5 Å². The Balaban J connectivity index is 1.70. The molecular weight excluding hydrogens is 352 g/mol. The van der Waals surface area contributed by atoms with Gasteiger partial charge in [0.25, 0.3) is 0 Å². The van der Waals surface area contributed by atoms with E-state index in [1.165, 1.54) is 0 Å². The van der Waals surface area contributed by atoms with Crippen molar-refractivity contribution in [3.05, 3.63) is 35.7 Å². The van der Waals surface area contributed by atoms with Crippen LogP contribution in [0.2, 0.25) is 5.28 Å². The van der Waals surface area contributed by atoms with E-state index >= 15 is 0 Å². The molecule has 1 saturated heterocycles. The first-order valence-corrected chi connectivity index (χ1v) is 8.92. The Morgan fingerprint density at radius 3 is 3.04 bits per heavy atom. The standard InChI is InChI=1S/C18H17ClN6O/c1-10-9-26-8-7-25(10)17-14-16(23-18(19)24-17)22-15(21-14)12-3-2-4-13-11(12)5-6-20-13/h2-6,10,20H,7-9H2,1H3,(H,21,22,23,24). The van der Waals surface area contributed by atoms with Crippen molar-refractivity contribution in [2.75, 3.05) is 24.7 Å². The zero-order valence-corrected chi connectivity index (χ0v) is 14.9. The molecule has 0 radical (unpaired) electrons. The summed E-state index contributed by atoms with van der Waals surface area (Å²) >= 11 is 6.18. The van der Waals surface area contributed by atoms with Crippen LogP contribution in [-0.2, 0) is 4.74 Å². The molecule has 1 aliphatic rings. The highest BCUT2D eigenvalue weighted by Crippen LogP contribution is 2.31. The smallest absolute Gasteiger partial charge is 0.226 e. The summed E-state index contributed by atoms with van der Waals surface area (Å²) in [6, 6.07) is 8.34. The zero-order valence-electron chi connectivity index (χ0n) is 14.2. The first-order chi connectivity index (χ1) is 12.7. The molecule has 4 heterocycles. The number of nitrogens with zero attached hydrogens (tertiary/aromatic N) is 4. The number of hydrogen-bond donors (Lipinski definition) is 2. The molecule has 0 spiro atoms. The lowest BCUT2D eigenvalue weighted by molar-refractivity contribution is 0.0986. The number of ether oxygens (including phenoxy) is 1. The molecule has 5 rings (SSSR count). The van der Waals surface area contributed by atoms with Crippen molar-refractivity contribution < 1.29 is 4.74 Å². The summed E-state index contributed by atoms with van der Waals surface area (Å²) in [5.41, 5.74) is 3.44. The Morgan fingerprint density at radius 2 is 2.15 bits per heavy atom. The second kappa shape index (κ2) is 5.96. The van der Waals surface area contributed by atoms with Gasteiger partial charge in [-0.25, -0.2) is 4.98 Å². The second-order valence-corrected chi connectivity index (χ2v) is 6.80. The molecule has 1 fully saturated rings. The molecule has 0 amide bonds. The number of halogens is 1. The number of aromatic nitrogens is 5. The highest BCUT2D eigenvalue weighted by atomic mass is 35.5. The number of hydrogen-bond acceptors (Lipinski definition) is 5. The van der Waals surface area contributed by atoms with Gasteiger partial charge in [-0.15, -0.1) is 0 Å². The van der Waals surface area contributed by atoms with Gasteiger partial charge in [0.2, 0.25) is 5.28 Å². The lowest BCUT2D eigenvalue weighted by atomic mass is 10.1. The van der Waals surface area contributed by atoms with Crippen LogP contribution in [0.15, 0.2) is 30.5 Å². The number of benzene rings is 1. The van der Waals surface area contributed by atoms with Crippen LogP contribution in [0.1, 0.15) is 6.92 Å². The molecule has 2 N–H and O–H groups in total. The number of imidazole rings is 1. The number of H-pyrrole nitrogens is 2. The molecule has 1 aromatic carbocycles. The third-order valence-electron chi connectivity index (χ3n) is 4.79. The predicted molar refractivity (Wildman–Crippen MR) is 102 cm³/mol. The summed E-state index contributed by atoms with van der Waals surface area (Å²) in [5, 5.41) is 1.30. The van der Waals surface area contributed by atoms with Crippen molar-refractivity contribution in [1.29, 1.82) is 0 Å². The predicted octanol–water partition coefficient (Wildman–Crippen LogP) is 3.38. The molecule has 8 heteroatoms. The van der Waals surface area contributed by atoms with Crippen LogP contribution >= 0.6 is 11.6 Å². The summed E-state index contributed by atoms with van der Waals surface area (Å²) in [7, 11) is 0. The highest BCUT2D eigenvalue weighted by molar-refractivity contribution is 6.28. The Kier molecular flexibility index (Phi) is 3.58. The average Bonchev–Trinajstić information content (AvgIpc) is 3.27. The van der Waals surface area contributed by atoms with Gasteiger partial charge in [0.05, 0.1) is 19.3 Å². The van der Waals surface area contributed by atoms with Crippen LogP contribution in [0, 0.1) is 0 Å².